The van der Waals surface area contributed by atoms with Crippen LogP contribution in [0, 0.1) is 6.92 Å². The number of esters is 1. The van der Waals surface area contributed by atoms with Crippen LogP contribution in [0.4, 0.5) is 0 Å². The van der Waals surface area contributed by atoms with E-state index in [1.54, 1.807) is 6.92 Å². The molecule has 1 unspecified atom stereocenters. The van der Waals surface area contributed by atoms with Gasteiger partial charge in [0, 0.05) is 13.2 Å². The summed E-state index contributed by atoms with van der Waals surface area (Å²) in [5, 5.41) is 7.32. The maximum atomic E-state index is 11.9. The lowest BCUT2D eigenvalue weighted by atomic mass is 10.3. The highest BCUT2D eigenvalue weighted by Gasteiger charge is 2.20. The number of hydrogen-bond donors (Lipinski definition) is 2. The fourth-order valence-corrected chi connectivity index (χ4v) is 2.90. The molecule has 0 aliphatic rings. The minimum atomic E-state index is -0.316. The third-order valence-electron chi connectivity index (χ3n) is 3.05. The molecule has 0 bridgehead atoms. The third kappa shape index (κ3) is 6.45. The molecular weight excluding hydrogens is 328 g/mol. The smallest absolute Gasteiger partial charge is 0.350 e. The molecule has 136 valence electrons. The Balaban J connectivity index is 2.75. The molecule has 0 aliphatic carbocycles. The van der Waals surface area contributed by atoms with E-state index in [1.165, 1.54) is 11.3 Å². The highest BCUT2D eigenvalue weighted by Crippen LogP contribution is 2.24. The Morgan fingerprint density at radius 3 is 2.71 bits per heavy atom. The molecule has 2 N–H and O–H groups in total. The summed E-state index contributed by atoms with van der Waals surface area (Å²) in [5.74, 6) is 0.387. The fraction of sp³-hybridized carbons (Fsp3) is 0.688. The van der Waals surface area contributed by atoms with Gasteiger partial charge in [-0.3, -0.25) is 4.99 Å². The summed E-state index contributed by atoms with van der Waals surface area (Å²) in [7, 11) is 0. The van der Waals surface area contributed by atoms with Crippen LogP contribution in [0.5, 0.6) is 0 Å². The van der Waals surface area contributed by atoms with Crippen molar-refractivity contribution < 1.29 is 14.3 Å². The lowest BCUT2D eigenvalue weighted by Crippen LogP contribution is -2.39. The predicted octanol–water partition coefficient (Wildman–Crippen LogP) is 2.28. The number of thiazole rings is 1. The van der Waals surface area contributed by atoms with E-state index in [-0.39, 0.29) is 12.0 Å². The summed E-state index contributed by atoms with van der Waals surface area (Å²) in [6, 6.07) is -0.0678. The number of guanidine groups is 1. The zero-order chi connectivity index (χ0) is 17.9. The quantitative estimate of drug-likeness (QED) is 0.306. The van der Waals surface area contributed by atoms with Crippen molar-refractivity contribution in [2.45, 2.75) is 40.7 Å². The van der Waals surface area contributed by atoms with Crippen LogP contribution < -0.4 is 10.6 Å². The van der Waals surface area contributed by atoms with Gasteiger partial charge >= 0.3 is 5.97 Å². The van der Waals surface area contributed by atoms with Crippen molar-refractivity contribution in [2.24, 2.45) is 4.99 Å². The number of aromatic nitrogens is 1. The van der Waals surface area contributed by atoms with Crippen molar-refractivity contribution in [3.05, 3.63) is 15.6 Å². The molecule has 0 amide bonds. The summed E-state index contributed by atoms with van der Waals surface area (Å²) in [4.78, 5) is 21.4. The van der Waals surface area contributed by atoms with Crippen LogP contribution in [0.1, 0.15) is 54.1 Å². The minimum absolute atomic E-state index is 0.0678. The summed E-state index contributed by atoms with van der Waals surface area (Å²) in [6.45, 7) is 12.5. The molecule has 0 fully saturated rings. The number of carbonyl (C=O) groups excluding carboxylic acids is 1. The molecule has 1 atom stereocenters. The Kier molecular flexibility index (Phi) is 9.33. The SMILES string of the molecule is CCNC(=NCCOCC)NC(C)c1nc(C)c(C(=O)OCC)s1. The average Bonchev–Trinajstić information content (AvgIpc) is 2.94. The molecule has 1 aromatic rings. The van der Waals surface area contributed by atoms with Crippen LogP contribution in [-0.4, -0.2) is 49.8 Å². The highest BCUT2D eigenvalue weighted by molar-refractivity contribution is 7.13. The maximum absolute atomic E-state index is 11.9. The first-order chi connectivity index (χ1) is 11.5. The molecule has 7 nitrogen and oxygen atoms in total. The van der Waals surface area contributed by atoms with Gasteiger partial charge in [-0.2, -0.15) is 0 Å². The van der Waals surface area contributed by atoms with E-state index >= 15 is 0 Å². The molecule has 1 heterocycles. The molecule has 0 aliphatic heterocycles. The van der Waals surface area contributed by atoms with Crippen LogP contribution in [0.25, 0.3) is 0 Å². The normalized spacial score (nSPS) is 12.8. The number of rotatable bonds is 9. The monoisotopic (exact) mass is 356 g/mol. The Hall–Kier alpha value is -1.67. The predicted molar refractivity (Wildman–Crippen MR) is 96.8 cm³/mol. The van der Waals surface area contributed by atoms with Crippen molar-refractivity contribution in [2.75, 3.05) is 32.9 Å². The number of aliphatic imine (C=N–C) groups is 1. The maximum Gasteiger partial charge on any atom is 0.350 e. The van der Waals surface area contributed by atoms with Crippen molar-refractivity contribution in [1.29, 1.82) is 0 Å². The molecule has 1 aromatic heterocycles. The molecule has 0 saturated carbocycles. The molecule has 1 rings (SSSR count). The summed E-state index contributed by atoms with van der Waals surface area (Å²) in [6.07, 6.45) is 0. The second kappa shape index (κ2) is 11.0. The molecule has 0 aromatic carbocycles. The molecule has 0 saturated heterocycles. The van der Waals surface area contributed by atoms with E-state index < -0.39 is 0 Å². The van der Waals surface area contributed by atoms with E-state index in [0.29, 0.717) is 42.9 Å². The van der Waals surface area contributed by atoms with E-state index in [0.717, 1.165) is 11.6 Å². The Morgan fingerprint density at radius 2 is 2.08 bits per heavy atom. The summed E-state index contributed by atoms with van der Waals surface area (Å²) in [5.41, 5.74) is 0.695. The number of ether oxygens (including phenoxy) is 2. The zero-order valence-corrected chi connectivity index (χ0v) is 16.0. The first-order valence-electron chi connectivity index (χ1n) is 8.30. The number of carbonyl (C=O) groups is 1. The molecule has 0 radical (unpaired) electrons. The van der Waals surface area contributed by atoms with Gasteiger partial charge in [-0.25, -0.2) is 9.78 Å². The van der Waals surface area contributed by atoms with Gasteiger partial charge in [0.2, 0.25) is 0 Å². The molecular formula is C16H28N4O3S. The first-order valence-corrected chi connectivity index (χ1v) is 9.12. The van der Waals surface area contributed by atoms with Crippen LogP contribution in [0.3, 0.4) is 0 Å². The van der Waals surface area contributed by atoms with Gasteiger partial charge in [-0.1, -0.05) is 0 Å². The van der Waals surface area contributed by atoms with Crippen LogP contribution in [-0.2, 0) is 9.47 Å². The van der Waals surface area contributed by atoms with Crippen molar-refractivity contribution in [3.63, 3.8) is 0 Å². The number of nitrogens with one attached hydrogen (secondary N) is 2. The topological polar surface area (TPSA) is 84.8 Å². The number of nitrogens with zero attached hydrogens (tertiary/aromatic N) is 2. The average molecular weight is 356 g/mol. The van der Waals surface area contributed by atoms with E-state index in [4.69, 9.17) is 9.47 Å². The van der Waals surface area contributed by atoms with Gasteiger partial charge in [0.05, 0.1) is 31.5 Å². The fourth-order valence-electron chi connectivity index (χ4n) is 1.94. The third-order valence-corrected chi connectivity index (χ3v) is 4.37. The lowest BCUT2D eigenvalue weighted by Gasteiger charge is -2.16. The van der Waals surface area contributed by atoms with Crippen LogP contribution in [0.2, 0.25) is 0 Å². The van der Waals surface area contributed by atoms with Crippen molar-refractivity contribution in [3.8, 4) is 0 Å². The number of hydrogen-bond acceptors (Lipinski definition) is 6. The minimum Gasteiger partial charge on any atom is -0.462 e. The van der Waals surface area contributed by atoms with E-state index in [1.807, 2.05) is 27.7 Å². The zero-order valence-electron chi connectivity index (χ0n) is 15.1. The standard InChI is InChI=1S/C16H28N4O3S/c1-6-17-16(18-9-10-22-7-2)20-12(5)14-19-11(4)13(24-14)15(21)23-8-3/h12H,6-10H2,1-5H3,(H2,17,18,20). The lowest BCUT2D eigenvalue weighted by molar-refractivity contribution is 0.0531. The van der Waals surface area contributed by atoms with Gasteiger partial charge in [-0.05, 0) is 34.6 Å². The Labute approximate surface area is 147 Å². The van der Waals surface area contributed by atoms with Gasteiger partial charge in [0.25, 0.3) is 0 Å². The van der Waals surface area contributed by atoms with Crippen LogP contribution >= 0.6 is 11.3 Å². The Morgan fingerprint density at radius 1 is 1.33 bits per heavy atom. The van der Waals surface area contributed by atoms with Gasteiger partial charge in [0.1, 0.15) is 9.88 Å². The van der Waals surface area contributed by atoms with Crippen LogP contribution in [0.15, 0.2) is 4.99 Å². The second-order valence-electron chi connectivity index (χ2n) is 5.01. The molecule has 8 heteroatoms. The van der Waals surface area contributed by atoms with E-state index in [2.05, 4.69) is 20.6 Å². The second-order valence-corrected chi connectivity index (χ2v) is 6.04. The summed E-state index contributed by atoms with van der Waals surface area (Å²) < 4.78 is 10.4. The summed E-state index contributed by atoms with van der Waals surface area (Å²) >= 11 is 1.35. The molecule has 0 spiro atoms. The van der Waals surface area contributed by atoms with Gasteiger partial charge in [0.15, 0.2) is 5.96 Å². The van der Waals surface area contributed by atoms with Crippen molar-refractivity contribution in [1.82, 2.24) is 15.6 Å². The van der Waals surface area contributed by atoms with Gasteiger partial charge < -0.3 is 20.1 Å². The van der Waals surface area contributed by atoms with Crippen molar-refractivity contribution >= 4 is 23.3 Å². The largest absolute Gasteiger partial charge is 0.462 e. The Bertz CT molecular complexity index is 545. The number of aryl methyl sites for hydroxylation is 1. The molecule has 24 heavy (non-hydrogen) atoms. The van der Waals surface area contributed by atoms with Gasteiger partial charge in [-0.15, -0.1) is 11.3 Å². The van der Waals surface area contributed by atoms with E-state index in [9.17, 15) is 4.79 Å². The highest BCUT2D eigenvalue weighted by atomic mass is 32.1. The first kappa shape index (κ1) is 20.4.